The van der Waals surface area contributed by atoms with Crippen molar-refractivity contribution in [3.8, 4) is 11.1 Å². The summed E-state index contributed by atoms with van der Waals surface area (Å²) in [5.41, 5.74) is 3.63. The Bertz CT molecular complexity index is 1200. The first-order valence-corrected chi connectivity index (χ1v) is 9.40. The minimum Gasteiger partial charge on any atom is -0.422 e. The average molecular weight is 387 g/mol. The number of pyridine rings is 1. The van der Waals surface area contributed by atoms with Gasteiger partial charge in [-0.25, -0.2) is 9.78 Å². The monoisotopic (exact) mass is 387 g/mol. The van der Waals surface area contributed by atoms with E-state index >= 15 is 0 Å². The van der Waals surface area contributed by atoms with Crippen molar-refractivity contribution in [2.45, 2.75) is 13.5 Å². The van der Waals surface area contributed by atoms with Crippen molar-refractivity contribution in [1.82, 2.24) is 20.0 Å². The van der Waals surface area contributed by atoms with Crippen LogP contribution in [0.2, 0.25) is 0 Å². The van der Waals surface area contributed by atoms with E-state index in [0.29, 0.717) is 15.9 Å². The number of nitrogens with one attached hydrogen (secondary N) is 2. The van der Waals surface area contributed by atoms with E-state index in [1.807, 2.05) is 24.3 Å². The number of hydrogen-bond acceptors (Lipinski definition) is 6. The van der Waals surface area contributed by atoms with Gasteiger partial charge in [-0.2, -0.15) is 4.98 Å². The quantitative estimate of drug-likeness (QED) is 0.438. The fraction of sp³-hybridized carbons (Fsp3) is 0.136. The van der Waals surface area contributed by atoms with E-state index < -0.39 is 5.69 Å². The zero-order chi connectivity index (χ0) is 20.2. The fourth-order valence-corrected chi connectivity index (χ4v) is 3.15. The molecule has 4 aromatic rings. The smallest absolute Gasteiger partial charge is 0.384 e. The average Bonchev–Trinajstić information content (AvgIpc) is 2.76. The number of benzene rings is 2. The number of nitrogens with zero attached hydrogens (tertiary/aromatic N) is 3. The van der Waals surface area contributed by atoms with Crippen molar-refractivity contribution < 1.29 is 5.21 Å². The summed E-state index contributed by atoms with van der Waals surface area (Å²) in [7, 11) is 0. The van der Waals surface area contributed by atoms with Crippen LogP contribution >= 0.6 is 0 Å². The molecule has 146 valence electrons. The Labute approximate surface area is 167 Å². The van der Waals surface area contributed by atoms with E-state index in [2.05, 4.69) is 51.8 Å². The second-order valence-corrected chi connectivity index (χ2v) is 6.61. The van der Waals surface area contributed by atoms with Crippen LogP contribution in [0.5, 0.6) is 0 Å². The Kier molecular flexibility index (Phi) is 5.22. The lowest BCUT2D eigenvalue weighted by Gasteiger charge is -2.11. The molecule has 29 heavy (non-hydrogen) atoms. The minimum absolute atomic E-state index is 0.157. The Hall–Kier alpha value is -3.71. The lowest BCUT2D eigenvalue weighted by molar-refractivity contribution is 0.182. The van der Waals surface area contributed by atoms with E-state index in [4.69, 9.17) is 0 Å². The molecular formula is C22H21N5O2. The van der Waals surface area contributed by atoms with Gasteiger partial charge in [0.05, 0.1) is 5.39 Å². The summed E-state index contributed by atoms with van der Waals surface area (Å²) in [4.78, 5) is 19.9. The van der Waals surface area contributed by atoms with Crippen LogP contribution in [0, 0.1) is 0 Å². The molecule has 2 aromatic carbocycles. The van der Waals surface area contributed by atoms with Crippen LogP contribution in [-0.2, 0) is 6.54 Å². The predicted octanol–water partition coefficient (Wildman–Crippen LogP) is 3.55. The third-order valence-corrected chi connectivity index (χ3v) is 4.62. The molecule has 7 heteroatoms. The van der Waals surface area contributed by atoms with Crippen LogP contribution in [0.3, 0.4) is 0 Å². The minimum atomic E-state index is -0.784. The third-order valence-electron chi connectivity index (χ3n) is 4.62. The zero-order valence-electron chi connectivity index (χ0n) is 16.0. The van der Waals surface area contributed by atoms with Gasteiger partial charge >= 0.3 is 5.69 Å². The highest BCUT2D eigenvalue weighted by Gasteiger charge is 2.11. The van der Waals surface area contributed by atoms with Crippen molar-refractivity contribution >= 4 is 22.5 Å². The Morgan fingerprint density at radius 2 is 1.86 bits per heavy atom. The van der Waals surface area contributed by atoms with Gasteiger partial charge in [0.25, 0.3) is 0 Å². The van der Waals surface area contributed by atoms with Crippen molar-refractivity contribution in [3.63, 3.8) is 0 Å². The van der Waals surface area contributed by atoms with E-state index in [9.17, 15) is 10.0 Å². The Morgan fingerprint density at radius 3 is 2.66 bits per heavy atom. The van der Waals surface area contributed by atoms with Gasteiger partial charge in [-0.15, -0.1) is 4.73 Å². The summed E-state index contributed by atoms with van der Waals surface area (Å²) in [6.45, 7) is 3.86. The highest BCUT2D eigenvalue weighted by Crippen LogP contribution is 2.25. The summed E-state index contributed by atoms with van der Waals surface area (Å²) >= 11 is 0. The molecule has 0 radical (unpaired) electrons. The third kappa shape index (κ3) is 3.95. The number of hydrogen-bond donors (Lipinski definition) is 3. The summed E-state index contributed by atoms with van der Waals surface area (Å²) < 4.78 is 0.448. The van der Waals surface area contributed by atoms with Gasteiger partial charge in [0.15, 0.2) is 5.65 Å². The maximum atomic E-state index is 11.9. The summed E-state index contributed by atoms with van der Waals surface area (Å²) in [5, 5.41) is 16.9. The molecule has 0 aliphatic heterocycles. The normalized spacial score (nSPS) is 10.9. The number of aromatic nitrogens is 3. The van der Waals surface area contributed by atoms with Gasteiger partial charge in [0.2, 0.25) is 0 Å². The van der Waals surface area contributed by atoms with E-state index in [1.54, 1.807) is 12.1 Å². The Morgan fingerprint density at radius 1 is 1.03 bits per heavy atom. The van der Waals surface area contributed by atoms with E-state index in [0.717, 1.165) is 29.9 Å². The first kappa shape index (κ1) is 18.6. The first-order valence-electron chi connectivity index (χ1n) is 9.40. The largest absolute Gasteiger partial charge is 0.422 e. The van der Waals surface area contributed by atoms with Crippen molar-refractivity contribution in [3.05, 3.63) is 82.9 Å². The SMILES string of the molecule is CCNCc1cccc(-c2ccc(Nc3nc(=O)n(O)c4ncccc34)cc2)c1. The molecule has 2 aromatic heterocycles. The van der Waals surface area contributed by atoms with Crippen LogP contribution in [0.4, 0.5) is 11.5 Å². The van der Waals surface area contributed by atoms with Gasteiger partial charge in [0.1, 0.15) is 5.82 Å². The summed E-state index contributed by atoms with van der Waals surface area (Å²) in [5.74, 6) is 0.351. The van der Waals surface area contributed by atoms with Crippen molar-refractivity contribution in [2.24, 2.45) is 0 Å². The maximum absolute atomic E-state index is 11.9. The second kappa shape index (κ2) is 8.12. The molecule has 0 bridgehead atoms. The standard InChI is InChI=1S/C22H21N5O2/c1-2-23-14-15-5-3-6-17(13-15)16-8-10-18(11-9-16)25-20-19-7-4-12-24-21(19)27(29)22(28)26-20/h3-13,23,29H,2,14H2,1H3,(H,25,26,28). The summed E-state index contributed by atoms with van der Waals surface area (Å²) in [6, 6.07) is 19.8. The molecule has 0 spiro atoms. The second-order valence-electron chi connectivity index (χ2n) is 6.61. The Balaban J connectivity index is 1.61. The number of rotatable bonds is 6. The zero-order valence-corrected chi connectivity index (χ0v) is 16.0. The molecule has 0 fully saturated rings. The molecule has 2 heterocycles. The van der Waals surface area contributed by atoms with Crippen LogP contribution in [0.1, 0.15) is 12.5 Å². The molecule has 7 nitrogen and oxygen atoms in total. The molecule has 0 atom stereocenters. The van der Waals surface area contributed by atoms with Gasteiger partial charge in [0, 0.05) is 18.4 Å². The van der Waals surface area contributed by atoms with Crippen LogP contribution in [0.25, 0.3) is 22.2 Å². The van der Waals surface area contributed by atoms with Crippen molar-refractivity contribution in [2.75, 3.05) is 11.9 Å². The highest BCUT2D eigenvalue weighted by molar-refractivity contribution is 5.88. The molecule has 3 N–H and O–H groups in total. The number of fused-ring (bicyclic) bond motifs is 1. The van der Waals surface area contributed by atoms with Gasteiger partial charge in [-0.1, -0.05) is 37.3 Å². The van der Waals surface area contributed by atoms with Crippen molar-refractivity contribution in [1.29, 1.82) is 0 Å². The predicted molar refractivity (Wildman–Crippen MR) is 114 cm³/mol. The van der Waals surface area contributed by atoms with E-state index in [1.165, 1.54) is 11.8 Å². The molecule has 0 saturated carbocycles. The molecule has 0 aliphatic rings. The first-order chi connectivity index (χ1) is 14.2. The van der Waals surface area contributed by atoms with Gasteiger partial charge in [-0.05, 0) is 53.6 Å². The lowest BCUT2D eigenvalue weighted by Crippen LogP contribution is -2.23. The highest BCUT2D eigenvalue weighted by atomic mass is 16.5. The topological polar surface area (TPSA) is 92.1 Å². The fourth-order valence-electron chi connectivity index (χ4n) is 3.15. The molecule has 0 amide bonds. The maximum Gasteiger partial charge on any atom is 0.384 e. The van der Waals surface area contributed by atoms with Crippen LogP contribution < -0.4 is 16.3 Å². The van der Waals surface area contributed by atoms with Crippen LogP contribution in [0.15, 0.2) is 71.7 Å². The van der Waals surface area contributed by atoms with E-state index in [-0.39, 0.29) is 5.65 Å². The molecule has 0 saturated heterocycles. The van der Waals surface area contributed by atoms with Crippen LogP contribution in [-0.4, -0.2) is 26.5 Å². The lowest BCUT2D eigenvalue weighted by atomic mass is 10.0. The number of anilines is 2. The molecule has 0 unspecified atom stereocenters. The van der Waals surface area contributed by atoms with Gasteiger partial charge < -0.3 is 15.8 Å². The summed E-state index contributed by atoms with van der Waals surface area (Å²) in [6.07, 6.45) is 1.51. The van der Waals surface area contributed by atoms with Gasteiger partial charge in [-0.3, -0.25) is 0 Å². The molecule has 4 rings (SSSR count). The molecular weight excluding hydrogens is 366 g/mol. The molecule has 0 aliphatic carbocycles.